The molecule has 3 rings (SSSR count). The van der Waals surface area contributed by atoms with E-state index in [0.29, 0.717) is 5.56 Å². The second-order valence-electron chi connectivity index (χ2n) is 6.82. The number of para-hydroxylation sites is 1. The second-order valence-corrected chi connectivity index (χ2v) is 7.23. The van der Waals surface area contributed by atoms with E-state index < -0.39 is 24.4 Å². The Morgan fingerprint density at radius 2 is 1.90 bits per heavy atom. The first-order chi connectivity index (χ1) is 14.4. The zero-order valence-corrected chi connectivity index (χ0v) is 17.1. The van der Waals surface area contributed by atoms with Gasteiger partial charge in [0.15, 0.2) is 11.5 Å². The van der Waals surface area contributed by atoms with Crippen molar-refractivity contribution in [2.75, 3.05) is 26.7 Å². The minimum absolute atomic E-state index is 0.0104. The lowest BCUT2D eigenvalue weighted by molar-refractivity contribution is -0.0515. The number of methoxy groups -OCH3 is 1. The SMILES string of the molecule is COc1cccc(C(=O)NCC(c2c(F)cccc2Cl)N2CCCC2)c1OC(F)F. The summed E-state index contributed by atoms with van der Waals surface area (Å²) in [7, 11) is 1.29. The van der Waals surface area contributed by atoms with Crippen LogP contribution in [0.3, 0.4) is 0 Å². The molecule has 1 atom stereocenters. The highest BCUT2D eigenvalue weighted by molar-refractivity contribution is 6.31. The number of ether oxygens (including phenoxy) is 2. The van der Waals surface area contributed by atoms with Gasteiger partial charge in [0.25, 0.3) is 5.91 Å². The predicted molar refractivity (Wildman–Crippen MR) is 107 cm³/mol. The molecular formula is C21H22ClF3N2O3. The first-order valence-electron chi connectivity index (χ1n) is 9.50. The topological polar surface area (TPSA) is 50.8 Å². The number of halogens is 4. The quantitative estimate of drug-likeness (QED) is 0.646. The van der Waals surface area contributed by atoms with Crippen LogP contribution >= 0.6 is 11.6 Å². The van der Waals surface area contributed by atoms with Gasteiger partial charge in [-0.2, -0.15) is 8.78 Å². The molecule has 2 aromatic rings. The fraction of sp³-hybridized carbons (Fsp3) is 0.381. The minimum Gasteiger partial charge on any atom is -0.493 e. The third-order valence-electron chi connectivity index (χ3n) is 5.02. The number of amides is 1. The molecule has 0 radical (unpaired) electrons. The van der Waals surface area contributed by atoms with Gasteiger partial charge in [-0.15, -0.1) is 0 Å². The standard InChI is InChI=1S/C21H22ClF3N2O3/c1-29-17-9-4-6-13(19(17)30-21(24)25)20(28)26-12-16(27-10-2-3-11-27)18-14(22)7-5-8-15(18)23/h4-9,16,21H,2-3,10-12H2,1H3,(H,26,28). The first kappa shape index (κ1) is 22.2. The van der Waals surface area contributed by atoms with Crippen molar-refractivity contribution in [1.29, 1.82) is 0 Å². The van der Waals surface area contributed by atoms with Gasteiger partial charge >= 0.3 is 6.61 Å². The van der Waals surface area contributed by atoms with Crippen LogP contribution in [0.2, 0.25) is 5.02 Å². The summed E-state index contributed by atoms with van der Waals surface area (Å²) in [4.78, 5) is 14.8. The summed E-state index contributed by atoms with van der Waals surface area (Å²) in [6, 6.07) is 8.22. The highest BCUT2D eigenvalue weighted by atomic mass is 35.5. The van der Waals surface area contributed by atoms with Gasteiger partial charge < -0.3 is 14.8 Å². The third-order valence-corrected chi connectivity index (χ3v) is 5.35. The average Bonchev–Trinajstić information content (AvgIpc) is 3.24. The van der Waals surface area contributed by atoms with Crippen molar-refractivity contribution < 1.29 is 27.4 Å². The van der Waals surface area contributed by atoms with E-state index in [2.05, 4.69) is 10.1 Å². The van der Waals surface area contributed by atoms with Gasteiger partial charge in [-0.1, -0.05) is 23.7 Å². The van der Waals surface area contributed by atoms with Crippen LogP contribution in [0.15, 0.2) is 36.4 Å². The molecule has 1 heterocycles. The van der Waals surface area contributed by atoms with Gasteiger partial charge in [-0.3, -0.25) is 9.69 Å². The summed E-state index contributed by atoms with van der Waals surface area (Å²) in [5.41, 5.74) is 0.200. The summed E-state index contributed by atoms with van der Waals surface area (Å²) >= 11 is 6.26. The molecule has 1 aliphatic rings. The Kier molecular flexibility index (Phi) is 7.44. The van der Waals surface area contributed by atoms with E-state index in [-0.39, 0.29) is 28.6 Å². The number of carbonyl (C=O) groups excluding carboxylic acids is 1. The Morgan fingerprint density at radius 1 is 1.20 bits per heavy atom. The molecule has 0 saturated carbocycles. The maximum Gasteiger partial charge on any atom is 0.387 e. The van der Waals surface area contributed by atoms with Crippen molar-refractivity contribution in [2.24, 2.45) is 0 Å². The largest absolute Gasteiger partial charge is 0.493 e. The van der Waals surface area contributed by atoms with Crippen molar-refractivity contribution in [3.05, 3.63) is 58.4 Å². The van der Waals surface area contributed by atoms with Crippen molar-refractivity contribution in [1.82, 2.24) is 10.2 Å². The molecule has 1 amide bonds. The van der Waals surface area contributed by atoms with Gasteiger partial charge in [-0.25, -0.2) is 4.39 Å². The Bertz CT molecular complexity index is 872. The maximum atomic E-state index is 14.6. The summed E-state index contributed by atoms with van der Waals surface area (Å²) < 4.78 is 49.8. The van der Waals surface area contributed by atoms with Crippen LogP contribution in [-0.4, -0.2) is 44.2 Å². The van der Waals surface area contributed by atoms with E-state index in [1.54, 1.807) is 6.07 Å². The van der Waals surface area contributed by atoms with Gasteiger partial charge in [0.05, 0.1) is 18.7 Å². The molecular weight excluding hydrogens is 421 g/mol. The Labute approximate surface area is 177 Å². The average molecular weight is 443 g/mol. The van der Waals surface area contributed by atoms with Crippen LogP contribution in [-0.2, 0) is 0 Å². The van der Waals surface area contributed by atoms with Crippen LogP contribution in [0.25, 0.3) is 0 Å². The molecule has 1 aliphatic heterocycles. The van der Waals surface area contributed by atoms with Crippen molar-refractivity contribution in [2.45, 2.75) is 25.5 Å². The smallest absolute Gasteiger partial charge is 0.387 e. The van der Waals surface area contributed by atoms with E-state index in [1.165, 1.54) is 37.4 Å². The van der Waals surface area contributed by atoms with Gasteiger partial charge in [-0.05, 0) is 50.2 Å². The van der Waals surface area contributed by atoms with Crippen molar-refractivity contribution in [3.8, 4) is 11.5 Å². The molecule has 9 heteroatoms. The number of likely N-dealkylation sites (tertiary alicyclic amines) is 1. The van der Waals surface area contributed by atoms with Gasteiger partial charge in [0.2, 0.25) is 0 Å². The Morgan fingerprint density at radius 3 is 2.53 bits per heavy atom. The second kappa shape index (κ2) is 10.0. The molecule has 162 valence electrons. The van der Waals surface area contributed by atoms with Crippen molar-refractivity contribution in [3.63, 3.8) is 0 Å². The fourth-order valence-corrected chi connectivity index (χ4v) is 3.94. The molecule has 1 unspecified atom stereocenters. The lowest BCUT2D eigenvalue weighted by Gasteiger charge is -2.29. The first-order valence-corrected chi connectivity index (χ1v) is 9.88. The molecule has 0 aromatic heterocycles. The summed E-state index contributed by atoms with van der Waals surface area (Å²) in [6.07, 6.45) is 1.91. The van der Waals surface area contributed by atoms with Crippen LogP contribution < -0.4 is 14.8 Å². The van der Waals surface area contributed by atoms with Crippen LogP contribution in [0, 0.1) is 5.82 Å². The molecule has 0 spiro atoms. The molecule has 2 aromatic carbocycles. The number of benzene rings is 2. The molecule has 1 fully saturated rings. The van der Waals surface area contributed by atoms with E-state index in [0.717, 1.165) is 25.9 Å². The number of rotatable bonds is 8. The number of alkyl halides is 2. The van der Waals surface area contributed by atoms with E-state index >= 15 is 0 Å². The Hall–Kier alpha value is -2.45. The summed E-state index contributed by atoms with van der Waals surface area (Å²) in [5.74, 6) is -1.44. The van der Waals surface area contributed by atoms with E-state index in [4.69, 9.17) is 16.3 Å². The molecule has 0 bridgehead atoms. The van der Waals surface area contributed by atoms with Crippen LogP contribution in [0.4, 0.5) is 13.2 Å². The van der Waals surface area contributed by atoms with Gasteiger partial charge in [0, 0.05) is 17.1 Å². The molecule has 5 nitrogen and oxygen atoms in total. The normalized spacial score (nSPS) is 15.3. The summed E-state index contributed by atoms with van der Waals surface area (Å²) in [6.45, 7) is -1.60. The number of hydrogen-bond acceptors (Lipinski definition) is 4. The zero-order chi connectivity index (χ0) is 21.7. The van der Waals surface area contributed by atoms with E-state index in [1.807, 2.05) is 4.90 Å². The molecule has 30 heavy (non-hydrogen) atoms. The predicted octanol–water partition coefficient (Wildman–Crippen LogP) is 4.66. The highest BCUT2D eigenvalue weighted by Gasteiger charge is 2.29. The molecule has 1 saturated heterocycles. The highest BCUT2D eigenvalue weighted by Crippen LogP contribution is 2.34. The Balaban J connectivity index is 1.85. The lowest BCUT2D eigenvalue weighted by Crippen LogP contribution is -2.37. The third kappa shape index (κ3) is 4.99. The summed E-state index contributed by atoms with van der Waals surface area (Å²) in [5, 5.41) is 2.98. The minimum atomic E-state index is -3.12. The number of nitrogens with zero attached hydrogens (tertiary/aromatic N) is 1. The number of nitrogens with one attached hydrogen (secondary N) is 1. The van der Waals surface area contributed by atoms with Crippen LogP contribution in [0.5, 0.6) is 11.5 Å². The maximum absolute atomic E-state index is 14.6. The fourth-order valence-electron chi connectivity index (χ4n) is 3.65. The van der Waals surface area contributed by atoms with Gasteiger partial charge in [0.1, 0.15) is 5.82 Å². The molecule has 0 aliphatic carbocycles. The van der Waals surface area contributed by atoms with E-state index in [9.17, 15) is 18.0 Å². The zero-order valence-electron chi connectivity index (χ0n) is 16.3. The number of carbonyl (C=O) groups is 1. The lowest BCUT2D eigenvalue weighted by atomic mass is 10.0. The number of hydrogen-bond donors (Lipinski definition) is 1. The van der Waals surface area contributed by atoms with Crippen molar-refractivity contribution >= 4 is 17.5 Å². The molecule has 1 N–H and O–H groups in total. The monoisotopic (exact) mass is 442 g/mol. The van der Waals surface area contributed by atoms with Crippen LogP contribution in [0.1, 0.15) is 34.8 Å².